The van der Waals surface area contributed by atoms with Crippen LogP contribution in [0.3, 0.4) is 0 Å². The second-order valence-electron chi connectivity index (χ2n) is 2.99. The van der Waals surface area contributed by atoms with Crippen LogP contribution in [-0.2, 0) is 0 Å². The van der Waals surface area contributed by atoms with E-state index in [4.69, 9.17) is 0 Å². The van der Waals surface area contributed by atoms with Gasteiger partial charge in [0.05, 0.1) is 0 Å². The Labute approximate surface area is 95.3 Å². The summed E-state index contributed by atoms with van der Waals surface area (Å²) < 4.78 is 0. The Morgan fingerprint density at radius 3 is 2.88 bits per heavy atom. The zero-order valence-electron chi connectivity index (χ0n) is 9.70. The van der Waals surface area contributed by atoms with E-state index in [2.05, 4.69) is 20.0 Å². The fourth-order valence-corrected chi connectivity index (χ4v) is 1.11. The third-order valence-corrected chi connectivity index (χ3v) is 1.87. The van der Waals surface area contributed by atoms with Gasteiger partial charge in [0.15, 0.2) is 0 Å². The Balaban J connectivity index is 2.96. The molecule has 0 spiro atoms. The van der Waals surface area contributed by atoms with E-state index in [-0.39, 0.29) is 0 Å². The first kappa shape index (κ1) is 12.0. The summed E-state index contributed by atoms with van der Waals surface area (Å²) in [4.78, 5) is 17.9. The Bertz CT molecular complexity index is 394. The largest absolute Gasteiger partial charge is 0.314 e. The maximum absolute atomic E-state index is 4.21. The SMILES string of the molecule is C\C=C/C(=N\C=N/C)N(C)c1ccncn1. The minimum Gasteiger partial charge on any atom is -0.314 e. The van der Waals surface area contributed by atoms with Crippen LogP contribution in [0.1, 0.15) is 6.92 Å². The van der Waals surface area contributed by atoms with E-state index in [0.717, 1.165) is 11.7 Å². The van der Waals surface area contributed by atoms with Crippen LogP contribution in [0.15, 0.2) is 40.7 Å². The lowest BCUT2D eigenvalue weighted by Crippen LogP contribution is -2.25. The van der Waals surface area contributed by atoms with E-state index < -0.39 is 0 Å². The highest BCUT2D eigenvalue weighted by atomic mass is 15.2. The molecule has 1 aromatic rings. The fourth-order valence-electron chi connectivity index (χ4n) is 1.11. The van der Waals surface area contributed by atoms with Crippen LogP contribution in [-0.4, -0.2) is 36.2 Å². The Hall–Kier alpha value is -2.04. The van der Waals surface area contributed by atoms with Crippen molar-refractivity contribution in [3.05, 3.63) is 30.7 Å². The molecule has 16 heavy (non-hydrogen) atoms. The molecule has 0 aliphatic heterocycles. The average molecular weight is 217 g/mol. The fraction of sp³-hybridized carbons (Fsp3) is 0.273. The summed E-state index contributed by atoms with van der Waals surface area (Å²) >= 11 is 0. The van der Waals surface area contributed by atoms with Crippen LogP contribution in [0.4, 0.5) is 5.82 Å². The van der Waals surface area contributed by atoms with Gasteiger partial charge in [-0.3, -0.25) is 4.99 Å². The Kier molecular flexibility index (Phi) is 4.85. The molecule has 0 N–H and O–H groups in total. The summed E-state index contributed by atoms with van der Waals surface area (Å²) in [5, 5.41) is 0. The minimum atomic E-state index is 0.770. The maximum Gasteiger partial charge on any atom is 0.137 e. The van der Waals surface area contributed by atoms with Gasteiger partial charge in [0.25, 0.3) is 0 Å². The molecular formula is C11H15N5. The van der Waals surface area contributed by atoms with Gasteiger partial charge in [-0.15, -0.1) is 0 Å². The highest BCUT2D eigenvalue weighted by Crippen LogP contribution is 2.06. The number of likely N-dealkylation sites (N-methyl/N-ethyl adjacent to an activating group) is 1. The Morgan fingerprint density at radius 1 is 1.50 bits per heavy atom. The van der Waals surface area contributed by atoms with E-state index in [1.807, 2.05) is 37.1 Å². The number of rotatable bonds is 3. The van der Waals surface area contributed by atoms with Crippen molar-refractivity contribution in [2.45, 2.75) is 6.92 Å². The summed E-state index contributed by atoms with van der Waals surface area (Å²) in [5.74, 6) is 1.56. The van der Waals surface area contributed by atoms with Crippen molar-refractivity contribution in [1.29, 1.82) is 0 Å². The van der Waals surface area contributed by atoms with Crippen molar-refractivity contribution in [1.82, 2.24) is 9.97 Å². The number of aromatic nitrogens is 2. The lowest BCUT2D eigenvalue weighted by Gasteiger charge is -2.16. The molecule has 0 aliphatic rings. The van der Waals surface area contributed by atoms with Crippen LogP contribution in [0.5, 0.6) is 0 Å². The number of aliphatic imine (C=N–C) groups is 2. The molecule has 84 valence electrons. The number of anilines is 1. The van der Waals surface area contributed by atoms with Crippen LogP contribution >= 0.6 is 0 Å². The molecule has 1 aromatic heterocycles. The van der Waals surface area contributed by atoms with Gasteiger partial charge in [-0.25, -0.2) is 15.0 Å². The molecule has 0 saturated carbocycles. The summed E-state index contributed by atoms with van der Waals surface area (Å²) in [6.07, 6.45) is 8.52. The molecule has 1 rings (SSSR count). The van der Waals surface area contributed by atoms with Crippen LogP contribution in [0.2, 0.25) is 0 Å². The molecule has 0 aromatic carbocycles. The zero-order valence-corrected chi connectivity index (χ0v) is 9.70. The van der Waals surface area contributed by atoms with Crippen molar-refractivity contribution in [3.8, 4) is 0 Å². The molecule has 0 fully saturated rings. The maximum atomic E-state index is 4.21. The van der Waals surface area contributed by atoms with Crippen molar-refractivity contribution in [3.63, 3.8) is 0 Å². The molecule has 5 heteroatoms. The monoisotopic (exact) mass is 217 g/mol. The predicted molar refractivity (Wildman–Crippen MR) is 67.1 cm³/mol. The van der Waals surface area contributed by atoms with Gasteiger partial charge < -0.3 is 4.90 Å². The number of nitrogens with zero attached hydrogens (tertiary/aromatic N) is 5. The molecule has 0 saturated heterocycles. The van der Waals surface area contributed by atoms with Gasteiger partial charge in [0.2, 0.25) is 0 Å². The topological polar surface area (TPSA) is 53.7 Å². The number of allylic oxidation sites excluding steroid dienone is 1. The number of hydrogen-bond acceptors (Lipinski definition) is 3. The second kappa shape index (κ2) is 6.44. The van der Waals surface area contributed by atoms with E-state index in [9.17, 15) is 0 Å². The highest BCUT2D eigenvalue weighted by Gasteiger charge is 2.05. The summed E-state index contributed by atoms with van der Waals surface area (Å²) in [6, 6.07) is 1.82. The first-order chi connectivity index (χ1) is 7.79. The molecule has 1 heterocycles. The standard InChI is InChI=1S/C11H15N5/c1-4-5-10(14-8-12-2)16(3)11-6-7-13-9-15-11/h4-9H,1-3H3/b5-4-,12-8-,14-10+. The van der Waals surface area contributed by atoms with E-state index in [1.54, 1.807) is 13.2 Å². The van der Waals surface area contributed by atoms with Crippen LogP contribution in [0, 0.1) is 0 Å². The normalized spacial score (nSPS) is 12.6. The van der Waals surface area contributed by atoms with Gasteiger partial charge in [0, 0.05) is 20.3 Å². The van der Waals surface area contributed by atoms with Gasteiger partial charge in [-0.05, 0) is 19.1 Å². The zero-order chi connectivity index (χ0) is 11.8. The third-order valence-electron chi connectivity index (χ3n) is 1.87. The van der Waals surface area contributed by atoms with Gasteiger partial charge in [-0.1, -0.05) is 6.08 Å². The van der Waals surface area contributed by atoms with Crippen LogP contribution in [0.25, 0.3) is 0 Å². The lowest BCUT2D eigenvalue weighted by molar-refractivity contribution is 1.10. The average Bonchev–Trinajstić information content (AvgIpc) is 2.35. The molecule has 0 radical (unpaired) electrons. The summed E-state index contributed by atoms with van der Waals surface area (Å²) in [5.41, 5.74) is 0. The minimum absolute atomic E-state index is 0.770. The predicted octanol–water partition coefficient (Wildman–Crippen LogP) is 1.55. The molecular weight excluding hydrogens is 202 g/mol. The van der Waals surface area contributed by atoms with E-state index in [1.165, 1.54) is 12.7 Å². The molecule has 0 unspecified atom stereocenters. The van der Waals surface area contributed by atoms with Gasteiger partial charge in [-0.2, -0.15) is 0 Å². The molecule has 0 aliphatic carbocycles. The summed E-state index contributed by atoms with van der Waals surface area (Å²) in [6.45, 7) is 1.94. The van der Waals surface area contributed by atoms with Crippen molar-refractivity contribution < 1.29 is 0 Å². The quantitative estimate of drug-likeness (QED) is 0.570. The smallest absolute Gasteiger partial charge is 0.137 e. The molecule has 0 atom stereocenters. The highest BCUT2D eigenvalue weighted by molar-refractivity contribution is 6.07. The molecule has 0 amide bonds. The van der Waals surface area contributed by atoms with Gasteiger partial charge >= 0.3 is 0 Å². The summed E-state index contributed by atoms with van der Waals surface area (Å²) in [7, 11) is 3.58. The first-order valence-corrected chi connectivity index (χ1v) is 4.90. The first-order valence-electron chi connectivity index (χ1n) is 4.90. The van der Waals surface area contributed by atoms with E-state index >= 15 is 0 Å². The van der Waals surface area contributed by atoms with Crippen LogP contribution < -0.4 is 4.90 Å². The Morgan fingerprint density at radius 2 is 2.31 bits per heavy atom. The van der Waals surface area contributed by atoms with E-state index in [0.29, 0.717) is 0 Å². The second-order valence-corrected chi connectivity index (χ2v) is 2.99. The molecule has 5 nitrogen and oxygen atoms in total. The van der Waals surface area contributed by atoms with Crippen molar-refractivity contribution >= 4 is 18.0 Å². The lowest BCUT2D eigenvalue weighted by atomic mass is 10.4. The molecule has 0 bridgehead atoms. The number of hydrogen-bond donors (Lipinski definition) is 0. The third kappa shape index (κ3) is 3.27. The van der Waals surface area contributed by atoms with Crippen molar-refractivity contribution in [2.75, 3.05) is 19.0 Å². The number of amidine groups is 1. The van der Waals surface area contributed by atoms with Crippen molar-refractivity contribution in [2.24, 2.45) is 9.98 Å². The van der Waals surface area contributed by atoms with Gasteiger partial charge in [0.1, 0.15) is 24.3 Å².